The van der Waals surface area contributed by atoms with Crippen molar-refractivity contribution in [1.29, 1.82) is 0 Å². The number of para-hydroxylation sites is 6. The number of aromatic nitrogens is 6. The maximum absolute atomic E-state index is 5.71. The second-order valence-corrected chi connectivity index (χ2v) is 23.0. The predicted octanol–water partition coefficient (Wildman–Crippen LogP) is 18.9. The largest absolute Gasteiger partial charge is 0.292 e. The fourth-order valence-electron chi connectivity index (χ4n) is 13.4. The Bertz CT molecular complexity index is 4890. The predicted molar refractivity (Wildman–Crippen MR) is 337 cm³/mol. The standard InChI is InChI=1S/C76H54N6/c1-75(2)62-25-13-11-23-56(62)58-41-39-51(45-64(58)75)53-43-60(52-40-42-59-57-24-12-14-26-63(57)76(3,4)65(59)46-52)71-61(44-53)70(47-31-35-49(36-32-47)73-77-66-27-15-17-29-68(66)81(73)54-19-7-5-8-20-54)79-72(80-71)48-33-37-50(38-34-48)74-78-67-28-16-18-30-69(67)82(74)55-21-9-6-10-22-55/h5-46H,1-4H3. The van der Waals surface area contributed by atoms with E-state index in [-0.39, 0.29) is 10.8 Å². The summed E-state index contributed by atoms with van der Waals surface area (Å²) in [5, 5.41) is 0.972. The Balaban J connectivity index is 0.921. The summed E-state index contributed by atoms with van der Waals surface area (Å²) in [5.41, 5.74) is 26.3. The molecule has 0 aliphatic heterocycles. The van der Waals surface area contributed by atoms with Crippen LogP contribution in [0.1, 0.15) is 49.9 Å². The number of rotatable bonds is 8. The first-order valence-corrected chi connectivity index (χ1v) is 28.3. The van der Waals surface area contributed by atoms with E-state index < -0.39 is 0 Å². The zero-order chi connectivity index (χ0) is 54.8. The molecule has 16 rings (SSSR count). The fraction of sp³-hybridized carbons (Fsp3) is 0.0789. The Morgan fingerprint density at radius 3 is 1.27 bits per heavy atom. The lowest BCUT2D eigenvalue weighted by molar-refractivity contribution is 0.660. The van der Waals surface area contributed by atoms with Crippen LogP contribution in [0.4, 0.5) is 0 Å². The molecule has 3 aromatic heterocycles. The molecule has 2 aliphatic rings. The third-order valence-corrected chi connectivity index (χ3v) is 17.6. The van der Waals surface area contributed by atoms with E-state index in [2.05, 4.69) is 286 Å². The Morgan fingerprint density at radius 1 is 0.293 bits per heavy atom. The molecule has 0 atom stereocenters. The van der Waals surface area contributed by atoms with Crippen molar-refractivity contribution < 1.29 is 0 Å². The van der Waals surface area contributed by atoms with Crippen LogP contribution in [-0.4, -0.2) is 29.1 Å². The SMILES string of the molecule is CC1(C)c2ccccc2-c2ccc(-c3cc(-c4ccc5c(c4)C(C)(C)c4ccccc4-5)c4nc(-c5ccc(-c6nc7ccccc7n6-c6ccccc6)cc5)nc(-c5ccc(-c6nc7ccccc7n6-c6ccccc6)cc5)c4c3)cc21. The minimum Gasteiger partial charge on any atom is -0.292 e. The van der Waals surface area contributed by atoms with Crippen molar-refractivity contribution >= 4 is 33.0 Å². The van der Waals surface area contributed by atoms with Crippen LogP contribution in [0.5, 0.6) is 0 Å². The number of imidazole rings is 2. The van der Waals surface area contributed by atoms with Gasteiger partial charge in [0.2, 0.25) is 0 Å². The molecular formula is C76H54N6. The van der Waals surface area contributed by atoms with Crippen LogP contribution in [0, 0.1) is 0 Å². The summed E-state index contributed by atoms with van der Waals surface area (Å²) in [6.07, 6.45) is 0. The Morgan fingerprint density at radius 2 is 0.720 bits per heavy atom. The van der Waals surface area contributed by atoms with Crippen LogP contribution in [0.2, 0.25) is 0 Å². The molecule has 0 unspecified atom stereocenters. The molecule has 6 nitrogen and oxygen atoms in total. The Labute approximate surface area is 476 Å². The van der Waals surface area contributed by atoms with Crippen molar-refractivity contribution in [3.63, 3.8) is 0 Å². The molecule has 0 saturated heterocycles. The zero-order valence-electron chi connectivity index (χ0n) is 45.9. The molecule has 0 bridgehead atoms. The maximum atomic E-state index is 5.71. The minimum atomic E-state index is -0.202. The third-order valence-electron chi connectivity index (χ3n) is 17.6. The lowest BCUT2D eigenvalue weighted by Crippen LogP contribution is -2.15. The quantitative estimate of drug-likeness (QED) is 0.152. The first-order chi connectivity index (χ1) is 40.2. The molecular weight excluding hydrogens is 997 g/mol. The molecule has 0 spiro atoms. The van der Waals surface area contributed by atoms with Crippen molar-refractivity contribution in [2.45, 2.75) is 38.5 Å². The molecule has 6 heteroatoms. The smallest absolute Gasteiger partial charge is 0.160 e. The van der Waals surface area contributed by atoms with Crippen molar-refractivity contribution in [3.8, 4) is 101 Å². The van der Waals surface area contributed by atoms with Crippen LogP contribution in [0.3, 0.4) is 0 Å². The average Bonchev–Trinajstić information content (AvgIpc) is 3.93. The van der Waals surface area contributed by atoms with E-state index in [1.54, 1.807) is 0 Å². The van der Waals surface area contributed by atoms with Gasteiger partial charge in [-0.15, -0.1) is 0 Å². The van der Waals surface area contributed by atoms with Gasteiger partial charge in [-0.1, -0.05) is 210 Å². The van der Waals surface area contributed by atoms with E-state index in [9.17, 15) is 0 Å². The summed E-state index contributed by atoms with van der Waals surface area (Å²) >= 11 is 0. The van der Waals surface area contributed by atoms with Gasteiger partial charge in [-0.3, -0.25) is 9.13 Å². The van der Waals surface area contributed by atoms with Gasteiger partial charge >= 0.3 is 0 Å². The van der Waals surface area contributed by atoms with Gasteiger partial charge in [0, 0.05) is 55.4 Å². The summed E-state index contributed by atoms with van der Waals surface area (Å²) in [4.78, 5) is 21.8. The van der Waals surface area contributed by atoms with E-state index >= 15 is 0 Å². The summed E-state index contributed by atoms with van der Waals surface area (Å²) in [7, 11) is 0. The van der Waals surface area contributed by atoms with Gasteiger partial charge in [-0.25, -0.2) is 19.9 Å². The highest BCUT2D eigenvalue weighted by Gasteiger charge is 2.37. The molecule has 0 radical (unpaired) electrons. The molecule has 3 heterocycles. The van der Waals surface area contributed by atoms with Gasteiger partial charge in [0.1, 0.15) is 11.6 Å². The highest BCUT2D eigenvalue weighted by molar-refractivity contribution is 6.05. The van der Waals surface area contributed by atoms with Crippen molar-refractivity contribution in [3.05, 3.63) is 277 Å². The van der Waals surface area contributed by atoms with Gasteiger partial charge in [-0.2, -0.15) is 0 Å². The summed E-state index contributed by atoms with van der Waals surface area (Å²) in [5.74, 6) is 2.39. The third kappa shape index (κ3) is 7.34. The van der Waals surface area contributed by atoms with Gasteiger partial charge < -0.3 is 0 Å². The second kappa shape index (κ2) is 18.1. The minimum absolute atomic E-state index is 0.169. The van der Waals surface area contributed by atoms with Crippen LogP contribution >= 0.6 is 0 Å². The van der Waals surface area contributed by atoms with Crippen LogP contribution in [0.25, 0.3) is 134 Å². The lowest BCUT2D eigenvalue weighted by Gasteiger charge is -2.23. The average molecular weight is 1050 g/mol. The first kappa shape index (κ1) is 47.7. The van der Waals surface area contributed by atoms with Gasteiger partial charge in [-0.05, 0) is 134 Å². The zero-order valence-corrected chi connectivity index (χ0v) is 45.9. The molecule has 2 aliphatic carbocycles. The van der Waals surface area contributed by atoms with Crippen LogP contribution in [-0.2, 0) is 10.8 Å². The first-order valence-electron chi connectivity index (χ1n) is 28.3. The number of benzene rings is 11. The normalized spacial score (nSPS) is 13.6. The van der Waals surface area contributed by atoms with Crippen LogP contribution < -0.4 is 0 Å². The number of hydrogen-bond donors (Lipinski definition) is 0. The van der Waals surface area contributed by atoms with E-state index in [1.807, 2.05) is 6.07 Å². The summed E-state index contributed by atoms with van der Waals surface area (Å²) in [6, 6.07) is 91.7. The number of fused-ring (bicyclic) bond motifs is 9. The highest BCUT2D eigenvalue weighted by atomic mass is 15.1. The highest BCUT2D eigenvalue weighted by Crippen LogP contribution is 2.52. The van der Waals surface area contributed by atoms with Gasteiger partial charge in [0.05, 0.1) is 33.3 Å². The van der Waals surface area contributed by atoms with Crippen molar-refractivity contribution in [2.24, 2.45) is 0 Å². The van der Waals surface area contributed by atoms with Gasteiger partial charge in [0.15, 0.2) is 5.82 Å². The topological polar surface area (TPSA) is 61.4 Å². The molecule has 82 heavy (non-hydrogen) atoms. The monoisotopic (exact) mass is 1050 g/mol. The molecule has 388 valence electrons. The number of hydrogen-bond acceptors (Lipinski definition) is 4. The molecule has 0 saturated carbocycles. The van der Waals surface area contributed by atoms with E-state index in [4.69, 9.17) is 19.9 Å². The van der Waals surface area contributed by atoms with Crippen molar-refractivity contribution in [1.82, 2.24) is 29.1 Å². The Hall–Kier alpha value is -10.3. The molecule has 0 amide bonds. The van der Waals surface area contributed by atoms with Crippen LogP contribution in [0.15, 0.2) is 255 Å². The van der Waals surface area contributed by atoms with E-state index in [0.29, 0.717) is 5.82 Å². The maximum Gasteiger partial charge on any atom is 0.160 e. The number of nitrogens with zero attached hydrogens (tertiary/aromatic N) is 6. The molecule has 14 aromatic rings. The Kier molecular flexibility index (Phi) is 10.5. The van der Waals surface area contributed by atoms with E-state index in [0.717, 1.165) is 106 Å². The second-order valence-electron chi connectivity index (χ2n) is 23.0. The summed E-state index contributed by atoms with van der Waals surface area (Å²) < 4.78 is 4.50. The van der Waals surface area contributed by atoms with Crippen molar-refractivity contribution in [2.75, 3.05) is 0 Å². The molecule has 11 aromatic carbocycles. The molecule has 0 N–H and O–H groups in total. The van der Waals surface area contributed by atoms with E-state index in [1.165, 1.54) is 44.5 Å². The fourth-order valence-corrected chi connectivity index (χ4v) is 13.4. The molecule has 0 fully saturated rings. The lowest BCUT2D eigenvalue weighted by atomic mass is 9.81. The van der Waals surface area contributed by atoms with Gasteiger partial charge in [0.25, 0.3) is 0 Å². The summed E-state index contributed by atoms with van der Waals surface area (Å²) in [6.45, 7) is 9.43.